The van der Waals surface area contributed by atoms with Crippen molar-refractivity contribution >= 4 is 33.4 Å². The first kappa shape index (κ1) is 21.5. The number of halogens is 1. The maximum absolute atomic E-state index is 13.5. The Morgan fingerprint density at radius 1 is 1.23 bits per heavy atom. The van der Waals surface area contributed by atoms with Gasteiger partial charge in [0.1, 0.15) is 10.5 Å². The summed E-state index contributed by atoms with van der Waals surface area (Å²) in [5, 5.41) is 4.90. The predicted octanol–water partition coefficient (Wildman–Crippen LogP) is 3.97. The van der Waals surface area contributed by atoms with Gasteiger partial charge in [-0.3, -0.25) is 9.59 Å². The third-order valence-electron chi connectivity index (χ3n) is 5.72. The van der Waals surface area contributed by atoms with Crippen molar-refractivity contribution in [3.63, 3.8) is 0 Å². The van der Waals surface area contributed by atoms with Gasteiger partial charge in [0.25, 0.3) is 5.56 Å². The molecule has 0 spiro atoms. The molecule has 0 bridgehead atoms. The molecule has 1 amide bonds. The quantitative estimate of drug-likeness (QED) is 0.627. The second-order valence-electron chi connectivity index (χ2n) is 8.40. The number of anilines is 1. The van der Waals surface area contributed by atoms with Crippen LogP contribution in [0, 0.1) is 17.7 Å². The van der Waals surface area contributed by atoms with E-state index in [0.29, 0.717) is 60.2 Å². The van der Waals surface area contributed by atoms with Gasteiger partial charge in [0, 0.05) is 25.6 Å². The van der Waals surface area contributed by atoms with E-state index in [-0.39, 0.29) is 23.2 Å². The van der Waals surface area contributed by atoms with Gasteiger partial charge in [-0.25, -0.2) is 13.9 Å². The number of aromatic nitrogens is 2. The van der Waals surface area contributed by atoms with Gasteiger partial charge in [0.05, 0.1) is 11.2 Å². The Balaban J connectivity index is 1.57. The van der Waals surface area contributed by atoms with Gasteiger partial charge >= 0.3 is 0 Å². The van der Waals surface area contributed by atoms with Crippen LogP contribution in [0.2, 0.25) is 0 Å². The van der Waals surface area contributed by atoms with E-state index in [4.69, 9.17) is 4.98 Å². The number of rotatable bonds is 6. The lowest BCUT2D eigenvalue weighted by Gasteiger charge is -2.33. The number of fused-ring (bicyclic) bond motifs is 1. The molecule has 1 fully saturated rings. The van der Waals surface area contributed by atoms with E-state index in [1.807, 2.05) is 11.4 Å². The zero-order valence-corrected chi connectivity index (χ0v) is 18.6. The monoisotopic (exact) mass is 442 g/mol. The summed E-state index contributed by atoms with van der Waals surface area (Å²) in [5.41, 5.74) is 1.09. The molecular formula is C23H27FN4O2S. The minimum atomic E-state index is -0.354. The van der Waals surface area contributed by atoms with Crippen LogP contribution in [-0.2, 0) is 4.79 Å². The van der Waals surface area contributed by atoms with Gasteiger partial charge < -0.3 is 10.2 Å². The van der Waals surface area contributed by atoms with Crippen LogP contribution in [0.25, 0.3) is 15.9 Å². The first-order valence-corrected chi connectivity index (χ1v) is 11.6. The van der Waals surface area contributed by atoms with E-state index in [9.17, 15) is 14.0 Å². The highest BCUT2D eigenvalue weighted by atomic mass is 32.1. The molecule has 1 aliphatic rings. The summed E-state index contributed by atoms with van der Waals surface area (Å²) in [5.74, 6) is 0.828. The fourth-order valence-corrected chi connectivity index (χ4v) is 4.67. The summed E-state index contributed by atoms with van der Waals surface area (Å²) in [7, 11) is 0. The summed E-state index contributed by atoms with van der Waals surface area (Å²) in [6.07, 6.45) is 2.38. The molecule has 0 radical (unpaired) electrons. The average Bonchev–Trinajstić information content (AvgIpc) is 3.23. The van der Waals surface area contributed by atoms with E-state index in [1.165, 1.54) is 23.5 Å². The maximum Gasteiger partial charge on any atom is 0.277 e. The van der Waals surface area contributed by atoms with Gasteiger partial charge in [-0.2, -0.15) is 0 Å². The third kappa shape index (κ3) is 4.63. The minimum absolute atomic E-state index is 0.0284. The zero-order valence-electron chi connectivity index (χ0n) is 17.8. The van der Waals surface area contributed by atoms with Crippen LogP contribution in [0.15, 0.2) is 40.5 Å². The van der Waals surface area contributed by atoms with Crippen LogP contribution in [0.5, 0.6) is 0 Å². The van der Waals surface area contributed by atoms with Gasteiger partial charge in [0.15, 0.2) is 0 Å². The van der Waals surface area contributed by atoms with Crippen molar-refractivity contribution < 1.29 is 9.18 Å². The smallest absolute Gasteiger partial charge is 0.277 e. The lowest BCUT2D eigenvalue weighted by atomic mass is 9.96. The van der Waals surface area contributed by atoms with E-state index < -0.39 is 0 Å². The number of nitrogens with zero attached hydrogens (tertiary/aromatic N) is 3. The molecule has 3 aromatic rings. The normalized spacial score (nSPS) is 15.0. The van der Waals surface area contributed by atoms with Crippen LogP contribution < -0.4 is 15.8 Å². The van der Waals surface area contributed by atoms with Crippen LogP contribution >= 0.6 is 11.3 Å². The van der Waals surface area contributed by atoms with Crippen molar-refractivity contribution in [2.45, 2.75) is 33.1 Å². The van der Waals surface area contributed by atoms with Crippen LogP contribution in [-0.4, -0.2) is 35.1 Å². The topological polar surface area (TPSA) is 67.2 Å². The third-order valence-corrected chi connectivity index (χ3v) is 6.61. The summed E-state index contributed by atoms with van der Waals surface area (Å²) in [6.45, 7) is 6.25. The van der Waals surface area contributed by atoms with Crippen molar-refractivity contribution in [2.75, 3.05) is 24.5 Å². The molecule has 1 saturated heterocycles. The van der Waals surface area contributed by atoms with Crippen molar-refractivity contribution in [2.24, 2.45) is 11.8 Å². The van der Waals surface area contributed by atoms with Crippen LogP contribution in [0.3, 0.4) is 0 Å². The Labute approximate surface area is 184 Å². The highest BCUT2D eigenvalue weighted by Crippen LogP contribution is 2.26. The highest BCUT2D eigenvalue weighted by molar-refractivity contribution is 7.17. The second kappa shape index (κ2) is 9.18. The highest BCUT2D eigenvalue weighted by Gasteiger charge is 2.28. The second-order valence-corrected chi connectivity index (χ2v) is 9.31. The number of piperidine rings is 1. The first-order chi connectivity index (χ1) is 14.9. The molecule has 1 aromatic carbocycles. The molecule has 1 aliphatic heterocycles. The summed E-state index contributed by atoms with van der Waals surface area (Å²) < 4.78 is 15.6. The summed E-state index contributed by atoms with van der Waals surface area (Å²) in [4.78, 5) is 32.6. The lowest BCUT2D eigenvalue weighted by molar-refractivity contribution is -0.125. The predicted molar refractivity (Wildman–Crippen MR) is 123 cm³/mol. The number of hydrogen-bond donors (Lipinski definition) is 1. The van der Waals surface area contributed by atoms with Crippen molar-refractivity contribution in [3.8, 4) is 5.69 Å². The van der Waals surface area contributed by atoms with Crippen LogP contribution in [0.4, 0.5) is 10.3 Å². The molecule has 0 unspecified atom stereocenters. The molecule has 8 heteroatoms. The van der Waals surface area contributed by atoms with Gasteiger partial charge in [0.2, 0.25) is 11.9 Å². The van der Waals surface area contributed by atoms with E-state index in [1.54, 1.807) is 16.7 Å². The maximum atomic E-state index is 13.5. The SMILES string of the molecule is CC(C)CCNC(=O)C1CCN(c2nc3ccsc3c(=O)n2-c2ccc(F)cc2)CC1. The molecule has 0 atom stereocenters. The Bertz CT molecular complexity index is 1110. The minimum Gasteiger partial charge on any atom is -0.356 e. The Kier molecular flexibility index (Phi) is 6.36. The molecule has 3 heterocycles. The fourth-order valence-electron chi connectivity index (χ4n) is 3.91. The number of carbonyl (C=O) groups excluding carboxylic acids is 1. The van der Waals surface area contributed by atoms with Crippen LogP contribution in [0.1, 0.15) is 33.1 Å². The molecule has 1 N–H and O–H groups in total. The number of carbonyl (C=O) groups is 1. The molecule has 164 valence electrons. The largest absolute Gasteiger partial charge is 0.356 e. The standard InChI is InChI=1S/C23H27FN4O2S/c1-15(2)7-11-25-21(29)16-8-12-27(13-9-16)23-26-19-10-14-31-20(19)22(30)28(23)18-5-3-17(24)4-6-18/h3-6,10,14-16H,7-9,11-13H2,1-2H3,(H,25,29). The average molecular weight is 443 g/mol. The molecule has 2 aromatic heterocycles. The Morgan fingerprint density at radius 3 is 2.61 bits per heavy atom. The first-order valence-electron chi connectivity index (χ1n) is 10.7. The number of thiophene rings is 1. The lowest BCUT2D eigenvalue weighted by Crippen LogP contribution is -2.43. The number of nitrogens with one attached hydrogen (secondary N) is 1. The zero-order chi connectivity index (χ0) is 22.0. The molecular weight excluding hydrogens is 415 g/mol. The molecule has 4 rings (SSSR count). The number of hydrogen-bond acceptors (Lipinski definition) is 5. The number of benzene rings is 1. The summed E-state index contributed by atoms with van der Waals surface area (Å²) in [6, 6.07) is 7.72. The molecule has 0 aliphatic carbocycles. The molecule has 6 nitrogen and oxygen atoms in total. The van der Waals surface area contributed by atoms with Gasteiger partial charge in [-0.1, -0.05) is 13.8 Å². The Morgan fingerprint density at radius 2 is 1.94 bits per heavy atom. The van der Waals surface area contributed by atoms with Gasteiger partial charge in [-0.05, 0) is 60.9 Å². The molecule has 31 heavy (non-hydrogen) atoms. The summed E-state index contributed by atoms with van der Waals surface area (Å²) >= 11 is 1.35. The molecule has 0 saturated carbocycles. The van der Waals surface area contributed by atoms with Crippen molar-refractivity contribution in [1.29, 1.82) is 0 Å². The number of amides is 1. The van der Waals surface area contributed by atoms with E-state index in [2.05, 4.69) is 24.1 Å². The Hall–Kier alpha value is -2.74. The van der Waals surface area contributed by atoms with E-state index in [0.717, 1.165) is 6.42 Å². The fraction of sp³-hybridized carbons (Fsp3) is 0.435. The van der Waals surface area contributed by atoms with Gasteiger partial charge in [-0.15, -0.1) is 11.3 Å². The van der Waals surface area contributed by atoms with E-state index >= 15 is 0 Å². The van der Waals surface area contributed by atoms with Crippen molar-refractivity contribution in [3.05, 3.63) is 51.9 Å². The van der Waals surface area contributed by atoms with Crippen molar-refractivity contribution in [1.82, 2.24) is 14.9 Å².